The molecule has 0 unspecified atom stereocenters. The Labute approximate surface area is 171 Å². The van der Waals surface area contributed by atoms with Gasteiger partial charge in [-0.1, -0.05) is 12.1 Å². The Morgan fingerprint density at radius 1 is 1.03 bits per heavy atom. The minimum atomic E-state index is -0.0616. The fourth-order valence-corrected chi connectivity index (χ4v) is 3.41. The molecule has 0 atom stereocenters. The van der Waals surface area contributed by atoms with Crippen LogP contribution in [0.1, 0.15) is 11.1 Å². The highest BCUT2D eigenvalue weighted by Crippen LogP contribution is 2.28. The quantitative estimate of drug-likeness (QED) is 0.777. The molecular formula is C22H26N4O3. The van der Waals surface area contributed by atoms with Crippen LogP contribution in [0.2, 0.25) is 0 Å². The summed E-state index contributed by atoms with van der Waals surface area (Å²) >= 11 is 0. The Morgan fingerprint density at radius 2 is 1.76 bits per heavy atom. The maximum Gasteiger partial charge on any atom is 0.238 e. The minimum absolute atomic E-state index is 0.0616. The Bertz CT molecular complexity index is 886. The molecule has 2 aromatic carbocycles. The Kier molecular flexibility index (Phi) is 7.06. The van der Waals surface area contributed by atoms with E-state index in [1.807, 2.05) is 12.1 Å². The molecule has 1 fully saturated rings. The summed E-state index contributed by atoms with van der Waals surface area (Å²) in [4.78, 5) is 16.8. The molecule has 1 aliphatic rings. The molecule has 152 valence electrons. The van der Waals surface area contributed by atoms with Crippen LogP contribution in [0.3, 0.4) is 0 Å². The first kappa shape index (κ1) is 20.6. The highest BCUT2D eigenvalue weighted by molar-refractivity contribution is 5.92. The summed E-state index contributed by atoms with van der Waals surface area (Å²) < 4.78 is 10.7. The van der Waals surface area contributed by atoms with Crippen molar-refractivity contribution in [3.05, 3.63) is 53.6 Å². The smallest absolute Gasteiger partial charge is 0.238 e. The van der Waals surface area contributed by atoms with Crippen LogP contribution >= 0.6 is 0 Å². The molecule has 29 heavy (non-hydrogen) atoms. The van der Waals surface area contributed by atoms with Gasteiger partial charge in [0.1, 0.15) is 0 Å². The number of ether oxygens (including phenoxy) is 2. The van der Waals surface area contributed by atoms with Crippen molar-refractivity contribution in [3.63, 3.8) is 0 Å². The largest absolute Gasteiger partial charge is 0.493 e. The lowest BCUT2D eigenvalue weighted by Crippen LogP contribution is -2.48. The highest BCUT2D eigenvalue weighted by atomic mass is 16.5. The van der Waals surface area contributed by atoms with Crippen molar-refractivity contribution in [2.45, 2.75) is 6.54 Å². The van der Waals surface area contributed by atoms with Gasteiger partial charge >= 0.3 is 0 Å². The SMILES string of the molecule is COc1ccc(CN2CCN(CC(=O)Nc3cccc(C#N)c3)CC2)cc1OC. The van der Waals surface area contributed by atoms with Crippen molar-refractivity contribution < 1.29 is 14.3 Å². The van der Waals surface area contributed by atoms with Gasteiger partial charge in [0.15, 0.2) is 11.5 Å². The molecule has 1 saturated heterocycles. The van der Waals surface area contributed by atoms with E-state index in [2.05, 4.69) is 27.3 Å². The fourth-order valence-electron chi connectivity index (χ4n) is 3.41. The lowest BCUT2D eigenvalue weighted by Gasteiger charge is -2.34. The number of nitrogens with zero attached hydrogens (tertiary/aromatic N) is 3. The molecule has 1 amide bonds. The summed E-state index contributed by atoms with van der Waals surface area (Å²) in [5, 5.41) is 11.8. The first-order chi connectivity index (χ1) is 14.1. The molecule has 0 bridgehead atoms. The number of anilines is 1. The van der Waals surface area contributed by atoms with Crippen LogP contribution in [0.15, 0.2) is 42.5 Å². The zero-order chi connectivity index (χ0) is 20.6. The Hall–Kier alpha value is -3.08. The Balaban J connectivity index is 1.46. The van der Waals surface area contributed by atoms with E-state index in [0.29, 0.717) is 17.8 Å². The van der Waals surface area contributed by atoms with Crippen LogP contribution in [-0.2, 0) is 11.3 Å². The summed E-state index contributed by atoms with van der Waals surface area (Å²) in [6.45, 7) is 4.64. The van der Waals surface area contributed by atoms with E-state index >= 15 is 0 Å². The molecule has 1 aliphatic heterocycles. The van der Waals surface area contributed by atoms with Gasteiger partial charge < -0.3 is 14.8 Å². The molecule has 7 heteroatoms. The second-order valence-electron chi connectivity index (χ2n) is 6.98. The molecule has 1 heterocycles. The monoisotopic (exact) mass is 394 g/mol. The number of nitrogens with one attached hydrogen (secondary N) is 1. The summed E-state index contributed by atoms with van der Waals surface area (Å²) in [5.41, 5.74) is 2.36. The lowest BCUT2D eigenvalue weighted by atomic mass is 10.1. The molecule has 0 aromatic heterocycles. The number of methoxy groups -OCH3 is 2. The number of benzene rings is 2. The summed E-state index contributed by atoms with van der Waals surface area (Å²) in [7, 11) is 3.27. The summed E-state index contributed by atoms with van der Waals surface area (Å²) in [6.07, 6.45) is 0. The van der Waals surface area contributed by atoms with Gasteiger partial charge in [0.05, 0.1) is 32.4 Å². The average Bonchev–Trinajstić information content (AvgIpc) is 2.75. The van der Waals surface area contributed by atoms with E-state index in [-0.39, 0.29) is 5.91 Å². The number of nitriles is 1. The van der Waals surface area contributed by atoms with Crippen LogP contribution in [0.5, 0.6) is 11.5 Å². The first-order valence-corrected chi connectivity index (χ1v) is 9.57. The second-order valence-corrected chi connectivity index (χ2v) is 6.98. The van der Waals surface area contributed by atoms with Crippen molar-refractivity contribution in [3.8, 4) is 17.6 Å². The van der Waals surface area contributed by atoms with Crippen LogP contribution in [0, 0.1) is 11.3 Å². The zero-order valence-electron chi connectivity index (χ0n) is 16.9. The van der Waals surface area contributed by atoms with Crippen LogP contribution in [0.4, 0.5) is 5.69 Å². The van der Waals surface area contributed by atoms with Gasteiger partial charge in [-0.2, -0.15) is 5.26 Å². The maximum absolute atomic E-state index is 12.3. The van der Waals surface area contributed by atoms with Crippen molar-refractivity contribution in [1.29, 1.82) is 5.26 Å². The third-order valence-electron chi connectivity index (χ3n) is 4.96. The van der Waals surface area contributed by atoms with Crippen LogP contribution in [-0.4, -0.2) is 62.7 Å². The number of amides is 1. The summed E-state index contributed by atoms with van der Waals surface area (Å²) in [5.74, 6) is 1.40. The molecule has 0 aliphatic carbocycles. The first-order valence-electron chi connectivity index (χ1n) is 9.57. The van der Waals surface area contributed by atoms with Gasteiger partial charge in [0, 0.05) is 38.4 Å². The number of hydrogen-bond donors (Lipinski definition) is 1. The molecule has 3 rings (SSSR count). The van der Waals surface area contributed by atoms with E-state index in [0.717, 1.165) is 44.2 Å². The van der Waals surface area contributed by atoms with Crippen molar-refractivity contribution in [2.75, 3.05) is 52.3 Å². The van der Waals surface area contributed by atoms with Gasteiger partial charge in [-0.15, -0.1) is 0 Å². The van der Waals surface area contributed by atoms with Gasteiger partial charge in [-0.05, 0) is 35.9 Å². The molecule has 1 N–H and O–H groups in total. The minimum Gasteiger partial charge on any atom is -0.493 e. The summed E-state index contributed by atoms with van der Waals surface area (Å²) in [6, 6.07) is 15.0. The van der Waals surface area contributed by atoms with Gasteiger partial charge in [0.25, 0.3) is 0 Å². The van der Waals surface area contributed by atoms with Gasteiger partial charge in [-0.25, -0.2) is 0 Å². The highest BCUT2D eigenvalue weighted by Gasteiger charge is 2.19. The van der Waals surface area contributed by atoms with E-state index < -0.39 is 0 Å². The predicted octanol–water partition coefficient (Wildman–Crippen LogP) is 2.33. The second kappa shape index (κ2) is 9.92. The maximum atomic E-state index is 12.3. The standard InChI is InChI=1S/C22H26N4O3/c1-28-20-7-6-18(13-21(20)29-2)15-25-8-10-26(11-9-25)16-22(27)24-19-5-3-4-17(12-19)14-23/h3-7,12-13H,8-11,15-16H2,1-2H3,(H,24,27). The molecule has 0 radical (unpaired) electrons. The molecule has 0 spiro atoms. The normalized spacial score (nSPS) is 14.8. The van der Waals surface area contributed by atoms with E-state index in [4.69, 9.17) is 14.7 Å². The fraction of sp³-hybridized carbons (Fsp3) is 0.364. The topological polar surface area (TPSA) is 77.8 Å². The number of hydrogen-bond acceptors (Lipinski definition) is 6. The number of carbonyl (C=O) groups excluding carboxylic acids is 1. The predicted molar refractivity (Wildman–Crippen MR) is 111 cm³/mol. The van der Waals surface area contributed by atoms with E-state index in [1.165, 1.54) is 5.56 Å². The molecule has 7 nitrogen and oxygen atoms in total. The van der Waals surface area contributed by atoms with E-state index in [9.17, 15) is 4.79 Å². The average molecular weight is 394 g/mol. The van der Waals surface area contributed by atoms with Crippen LogP contribution < -0.4 is 14.8 Å². The van der Waals surface area contributed by atoms with E-state index in [1.54, 1.807) is 38.5 Å². The van der Waals surface area contributed by atoms with Crippen molar-refractivity contribution in [1.82, 2.24) is 9.80 Å². The van der Waals surface area contributed by atoms with Crippen molar-refractivity contribution in [2.24, 2.45) is 0 Å². The Morgan fingerprint density at radius 3 is 2.45 bits per heavy atom. The number of rotatable bonds is 7. The van der Waals surface area contributed by atoms with Crippen LogP contribution in [0.25, 0.3) is 0 Å². The third kappa shape index (κ3) is 5.70. The zero-order valence-corrected chi connectivity index (χ0v) is 16.9. The molecule has 0 saturated carbocycles. The lowest BCUT2D eigenvalue weighted by molar-refractivity contribution is -0.117. The van der Waals surface area contributed by atoms with Gasteiger partial charge in [-0.3, -0.25) is 14.6 Å². The third-order valence-corrected chi connectivity index (χ3v) is 4.96. The molecular weight excluding hydrogens is 368 g/mol. The van der Waals surface area contributed by atoms with Gasteiger partial charge in [0.2, 0.25) is 5.91 Å². The number of piperazine rings is 1. The van der Waals surface area contributed by atoms with Crippen molar-refractivity contribution >= 4 is 11.6 Å². The molecule has 2 aromatic rings. The number of carbonyl (C=O) groups is 1.